The van der Waals surface area contributed by atoms with E-state index in [1.807, 2.05) is 46.6 Å². The zero-order valence-corrected chi connectivity index (χ0v) is 14.4. The molecule has 1 N–H and O–H groups in total. The third-order valence-corrected chi connectivity index (χ3v) is 2.90. The molecule has 0 aliphatic heterocycles. The number of nitrogens with one attached hydrogen (secondary N) is 1. The molecule has 0 rings (SSSR count). The molecule has 0 unspecified atom stereocenters. The maximum atomic E-state index is 11.7. The van der Waals surface area contributed by atoms with Crippen molar-refractivity contribution in [2.45, 2.75) is 52.7 Å². The molecule has 0 aromatic carbocycles. The standard InChI is InChI=1S/C15H30N2O4/c1-11(2)12(13(18)20-7)17(6)10-8-9-16-14(19)21-15(3,4)5/h11-12H,8-10H2,1-7H3,(H,16,19)/t12-/m0/s1. The molecule has 0 aromatic rings. The predicted molar refractivity (Wildman–Crippen MR) is 82.1 cm³/mol. The van der Waals surface area contributed by atoms with Gasteiger partial charge in [0.25, 0.3) is 0 Å². The summed E-state index contributed by atoms with van der Waals surface area (Å²) in [7, 11) is 3.28. The van der Waals surface area contributed by atoms with Crippen LogP contribution in [0, 0.1) is 5.92 Å². The molecule has 0 bridgehead atoms. The van der Waals surface area contributed by atoms with Gasteiger partial charge in [0.15, 0.2) is 0 Å². The molecule has 0 spiro atoms. The van der Waals surface area contributed by atoms with Crippen LogP contribution in [0.3, 0.4) is 0 Å². The lowest BCUT2D eigenvalue weighted by Crippen LogP contribution is -2.44. The Hall–Kier alpha value is -1.30. The Morgan fingerprint density at radius 3 is 2.24 bits per heavy atom. The molecule has 0 fully saturated rings. The van der Waals surface area contributed by atoms with Crippen molar-refractivity contribution in [3.05, 3.63) is 0 Å². The van der Waals surface area contributed by atoms with E-state index >= 15 is 0 Å². The predicted octanol–water partition coefficient (Wildman–Crippen LogP) is 2.03. The Morgan fingerprint density at radius 2 is 1.81 bits per heavy atom. The summed E-state index contributed by atoms with van der Waals surface area (Å²) in [5.74, 6) is -0.0612. The molecule has 0 radical (unpaired) electrons. The number of esters is 1. The van der Waals surface area contributed by atoms with Crippen molar-refractivity contribution < 1.29 is 19.1 Å². The molecule has 1 amide bonds. The van der Waals surface area contributed by atoms with Gasteiger partial charge in [-0.05, 0) is 40.2 Å². The minimum absolute atomic E-state index is 0.168. The number of methoxy groups -OCH3 is 1. The molecule has 0 heterocycles. The Morgan fingerprint density at radius 1 is 1.24 bits per heavy atom. The van der Waals surface area contributed by atoms with E-state index in [0.717, 1.165) is 6.42 Å². The van der Waals surface area contributed by atoms with Gasteiger partial charge < -0.3 is 14.8 Å². The second-order valence-electron chi connectivity index (χ2n) is 6.47. The van der Waals surface area contributed by atoms with Crippen LogP contribution in [-0.2, 0) is 14.3 Å². The van der Waals surface area contributed by atoms with Crippen molar-refractivity contribution in [1.82, 2.24) is 10.2 Å². The van der Waals surface area contributed by atoms with Crippen molar-refractivity contribution in [2.75, 3.05) is 27.2 Å². The first kappa shape index (κ1) is 19.7. The number of hydrogen-bond donors (Lipinski definition) is 1. The number of alkyl carbamates (subject to hydrolysis) is 1. The lowest BCUT2D eigenvalue weighted by Gasteiger charge is -2.28. The van der Waals surface area contributed by atoms with Crippen LogP contribution in [0.5, 0.6) is 0 Å². The van der Waals surface area contributed by atoms with Crippen molar-refractivity contribution >= 4 is 12.1 Å². The fourth-order valence-electron chi connectivity index (χ4n) is 2.05. The molecule has 6 nitrogen and oxygen atoms in total. The number of hydrogen-bond acceptors (Lipinski definition) is 5. The van der Waals surface area contributed by atoms with Crippen LogP contribution < -0.4 is 5.32 Å². The number of ether oxygens (including phenoxy) is 2. The van der Waals surface area contributed by atoms with Gasteiger partial charge in [0.1, 0.15) is 11.6 Å². The van der Waals surface area contributed by atoms with E-state index in [4.69, 9.17) is 9.47 Å². The van der Waals surface area contributed by atoms with Crippen LogP contribution in [0.25, 0.3) is 0 Å². The lowest BCUT2D eigenvalue weighted by molar-refractivity contribution is -0.148. The van der Waals surface area contributed by atoms with Crippen LogP contribution in [0.2, 0.25) is 0 Å². The highest BCUT2D eigenvalue weighted by Gasteiger charge is 2.26. The van der Waals surface area contributed by atoms with Crippen molar-refractivity contribution in [1.29, 1.82) is 0 Å². The van der Waals surface area contributed by atoms with Gasteiger partial charge >= 0.3 is 12.1 Å². The molecule has 124 valence electrons. The number of carbonyl (C=O) groups is 2. The zero-order chi connectivity index (χ0) is 16.6. The average molecular weight is 302 g/mol. The molecule has 0 aromatic heterocycles. The largest absolute Gasteiger partial charge is 0.468 e. The van der Waals surface area contributed by atoms with Gasteiger partial charge in [0, 0.05) is 13.1 Å². The van der Waals surface area contributed by atoms with Gasteiger partial charge in [0.2, 0.25) is 0 Å². The number of rotatable bonds is 7. The van der Waals surface area contributed by atoms with Crippen LogP contribution in [0.1, 0.15) is 41.0 Å². The van der Waals surface area contributed by atoms with E-state index in [1.54, 1.807) is 0 Å². The van der Waals surface area contributed by atoms with Crippen molar-refractivity contribution in [2.24, 2.45) is 5.92 Å². The smallest absolute Gasteiger partial charge is 0.407 e. The van der Waals surface area contributed by atoms with Crippen molar-refractivity contribution in [3.8, 4) is 0 Å². The second-order valence-corrected chi connectivity index (χ2v) is 6.47. The Kier molecular flexibility index (Phi) is 8.32. The molecule has 21 heavy (non-hydrogen) atoms. The minimum Gasteiger partial charge on any atom is -0.468 e. The average Bonchev–Trinajstić information content (AvgIpc) is 2.32. The van der Waals surface area contributed by atoms with E-state index in [0.29, 0.717) is 13.1 Å². The van der Waals surface area contributed by atoms with Crippen LogP contribution >= 0.6 is 0 Å². The maximum absolute atomic E-state index is 11.7. The summed E-state index contributed by atoms with van der Waals surface area (Å²) >= 11 is 0. The fourth-order valence-corrected chi connectivity index (χ4v) is 2.05. The molecule has 0 aliphatic carbocycles. The van der Waals surface area contributed by atoms with Gasteiger partial charge in [-0.25, -0.2) is 4.79 Å². The minimum atomic E-state index is -0.492. The number of carbonyl (C=O) groups excluding carboxylic acids is 2. The summed E-state index contributed by atoms with van der Waals surface area (Å²) in [5, 5.41) is 2.70. The molecule has 0 saturated carbocycles. The Labute approximate surface area is 128 Å². The summed E-state index contributed by atoms with van der Waals surface area (Å²) in [6.45, 7) is 10.6. The molecule has 0 aliphatic rings. The first-order chi connectivity index (χ1) is 9.58. The van der Waals surface area contributed by atoms with Crippen LogP contribution in [0.15, 0.2) is 0 Å². The number of likely N-dealkylation sites (N-methyl/N-ethyl adjacent to an activating group) is 1. The highest BCUT2D eigenvalue weighted by atomic mass is 16.6. The molecular formula is C15H30N2O4. The van der Waals surface area contributed by atoms with Crippen LogP contribution in [-0.4, -0.2) is 55.9 Å². The van der Waals surface area contributed by atoms with E-state index in [9.17, 15) is 9.59 Å². The summed E-state index contributed by atoms with van der Waals surface area (Å²) in [6.07, 6.45) is 0.314. The number of nitrogens with zero attached hydrogens (tertiary/aromatic N) is 1. The highest BCUT2D eigenvalue weighted by Crippen LogP contribution is 2.11. The maximum Gasteiger partial charge on any atom is 0.407 e. The third kappa shape index (κ3) is 8.55. The molecule has 6 heteroatoms. The van der Waals surface area contributed by atoms with Gasteiger partial charge in [0.05, 0.1) is 7.11 Å². The normalized spacial score (nSPS) is 13.2. The Balaban J connectivity index is 4.10. The molecular weight excluding hydrogens is 272 g/mol. The van der Waals surface area contributed by atoms with E-state index < -0.39 is 11.7 Å². The second kappa shape index (κ2) is 8.87. The van der Waals surface area contributed by atoms with E-state index in [1.165, 1.54) is 7.11 Å². The zero-order valence-electron chi connectivity index (χ0n) is 14.4. The summed E-state index contributed by atoms with van der Waals surface area (Å²) in [5.41, 5.74) is -0.492. The SMILES string of the molecule is COC(=O)[C@H](C(C)C)N(C)CCCNC(=O)OC(C)(C)C. The van der Waals surface area contributed by atoms with Gasteiger partial charge in [-0.3, -0.25) is 9.69 Å². The fraction of sp³-hybridized carbons (Fsp3) is 0.867. The van der Waals surface area contributed by atoms with Gasteiger partial charge in [-0.1, -0.05) is 13.8 Å². The highest BCUT2D eigenvalue weighted by molar-refractivity contribution is 5.75. The van der Waals surface area contributed by atoms with Crippen LogP contribution in [0.4, 0.5) is 4.79 Å². The molecule has 0 saturated heterocycles. The summed E-state index contributed by atoms with van der Waals surface area (Å²) in [4.78, 5) is 25.2. The first-order valence-corrected chi connectivity index (χ1v) is 7.33. The lowest BCUT2D eigenvalue weighted by atomic mass is 10.0. The third-order valence-electron chi connectivity index (χ3n) is 2.90. The Bertz CT molecular complexity index is 337. The summed E-state index contributed by atoms with van der Waals surface area (Å²) < 4.78 is 9.97. The van der Waals surface area contributed by atoms with E-state index in [2.05, 4.69) is 5.32 Å². The quantitative estimate of drug-likeness (QED) is 0.576. The van der Waals surface area contributed by atoms with Gasteiger partial charge in [-0.2, -0.15) is 0 Å². The monoisotopic (exact) mass is 302 g/mol. The van der Waals surface area contributed by atoms with E-state index in [-0.39, 0.29) is 17.9 Å². The number of amides is 1. The topological polar surface area (TPSA) is 67.9 Å². The van der Waals surface area contributed by atoms with Crippen molar-refractivity contribution in [3.63, 3.8) is 0 Å². The molecule has 1 atom stereocenters. The van der Waals surface area contributed by atoms with Gasteiger partial charge in [-0.15, -0.1) is 0 Å². The summed E-state index contributed by atoms with van der Waals surface area (Å²) in [6, 6.07) is -0.267. The first-order valence-electron chi connectivity index (χ1n) is 7.33.